The lowest BCUT2D eigenvalue weighted by Gasteiger charge is -2.14. The van der Waals surface area contributed by atoms with E-state index in [1.54, 1.807) is 25.4 Å². The van der Waals surface area contributed by atoms with Gasteiger partial charge in [0, 0.05) is 19.3 Å². The van der Waals surface area contributed by atoms with Gasteiger partial charge in [0.15, 0.2) is 0 Å². The summed E-state index contributed by atoms with van der Waals surface area (Å²) in [7, 11) is 1.76. The summed E-state index contributed by atoms with van der Waals surface area (Å²) in [4.78, 5) is 16.2. The van der Waals surface area contributed by atoms with E-state index >= 15 is 0 Å². The molecule has 1 rings (SSSR count). The van der Waals surface area contributed by atoms with Crippen LogP contribution in [0.4, 0.5) is 5.82 Å². The van der Waals surface area contributed by atoms with Gasteiger partial charge in [-0.25, -0.2) is 4.98 Å². The molecule has 0 saturated carbocycles. The second kappa shape index (κ2) is 7.97. The van der Waals surface area contributed by atoms with Crippen molar-refractivity contribution in [3.8, 4) is 0 Å². The van der Waals surface area contributed by atoms with E-state index in [9.17, 15) is 4.79 Å². The summed E-state index contributed by atoms with van der Waals surface area (Å²) in [6, 6.07) is 3.73. The Labute approximate surface area is 113 Å². The molecule has 1 heterocycles. The minimum atomic E-state index is -0.0681. The Morgan fingerprint density at radius 3 is 3.00 bits per heavy atom. The summed E-state index contributed by atoms with van der Waals surface area (Å²) < 4.78 is 0. The van der Waals surface area contributed by atoms with Crippen molar-refractivity contribution in [2.75, 3.05) is 23.9 Å². The molecule has 0 aromatic carbocycles. The van der Waals surface area contributed by atoms with Crippen LogP contribution in [-0.4, -0.2) is 35.5 Å². The highest BCUT2D eigenvalue weighted by atomic mass is 32.2. The molecule has 0 fully saturated rings. The molecule has 1 aromatic heterocycles. The fourth-order valence-electron chi connectivity index (χ4n) is 1.57. The highest BCUT2D eigenvalue weighted by Gasteiger charge is 2.13. The molecule has 0 saturated heterocycles. The van der Waals surface area contributed by atoms with Crippen molar-refractivity contribution in [1.29, 1.82) is 0 Å². The molecule has 0 spiro atoms. The Bertz CT molecular complexity index is 384. The number of nitrogens with zero attached hydrogens (tertiary/aromatic N) is 1. The van der Waals surface area contributed by atoms with Gasteiger partial charge in [0.05, 0.1) is 5.56 Å². The summed E-state index contributed by atoms with van der Waals surface area (Å²) in [6.45, 7) is 4.17. The van der Waals surface area contributed by atoms with Crippen LogP contribution in [0.15, 0.2) is 18.3 Å². The maximum atomic E-state index is 12.1. The van der Waals surface area contributed by atoms with Crippen molar-refractivity contribution < 1.29 is 4.79 Å². The lowest BCUT2D eigenvalue weighted by molar-refractivity contribution is 0.0940. The van der Waals surface area contributed by atoms with Crippen LogP contribution < -0.4 is 10.6 Å². The van der Waals surface area contributed by atoms with E-state index in [2.05, 4.69) is 22.5 Å². The standard InChI is InChI=1S/C13H21N3OS/c1-4-18-9-7-10(2)16-13(17)11-6-5-8-15-12(11)14-3/h5-6,8,10H,4,7,9H2,1-3H3,(H,14,15)(H,16,17). The van der Waals surface area contributed by atoms with Crippen LogP contribution in [0.2, 0.25) is 0 Å². The molecule has 0 bridgehead atoms. The molecule has 2 N–H and O–H groups in total. The van der Waals surface area contributed by atoms with Gasteiger partial charge < -0.3 is 10.6 Å². The van der Waals surface area contributed by atoms with Crippen molar-refractivity contribution in [1.82, 2.24) is 10.3 Å². The zero-order chi connectivity index (χ0) is 13.4. The molecule has 0 aliphatic carbocycles. The SMILES string of the molecule is CCSCCC(C)NC(=O)c1cccnc1NC. The Balaban J connectivity index is 2.54. The molecular weight excluding hydrogens is 246 g/mol. The normalized spacial score (nSPS) is 11.9. The predicted octanol–water partition coefficient (Wildman–Crippen LogP) is 2.38. The number of thioether (sulfide) groups is 1. The number of hydrogen-bond donors (Lipinski definition) is 2. The zero-order valence-electron chi connectivity index (χ0n) is 11.2. The largest absolute Gasteiger partial charge is 0.372 e. The molecule has 100 valence electrons. The summed E-state index contributed by atoms with van der Waals surface area (Å²) in [5.41, 5.74) is 0.593. The van der Waals surface area contributed by atoms with Crippen LogP contribution >= 0.6 is 11.8 Å². The van der Waals surface area contributed by atoms with Crippen LogP contribution in [-0.2, 0) is 0 Å². The van der Waals surface area contributed by atoms with Gasteiger partial charge in [-0.2, -0.15) is 11.8 Å². The van der Waals surface area contributed by atoms with Crippen molar-refractivity contribution in [3.63, 3.8) is 0 Å². The third kappa shape index (κ3) is 4.56. The summed E-state index contributed by atoms with van der Waals surface area (Å²) >= 11 is 1.89. The number of carbonyl (C=O) groups excluding carboxylic acids is 1. The lowest BCUT2D eigenvalue weighted by Crippen LogP contribution is -2.33. The fourth-order valence-corrected chi connectivity index (χ4v) is 2.37. The average molecular weight is 267 g/mol. The van der Waals surface area contributed by atoms with Gasteiger partial charge in [0.1, 0.15) is 5.82 Å². The maximum absolute atomic E-state index is 12.1. The first-order valence-corrected chi connectivity index (χ1v) is 7.35. The molecule has 5 heteroatoms. The van der Waals surface area contributed by atoms with Crippen molar-refractivity contribution in [2.45, 2.75) is 26.3 Å². The van der Waals surface area contributed by atoms with Crippen molar-refractivity contribution >= 4 is 23.5 Å². The van der Waals surface area contributed by atoms with E-state index in [0.29, 0.717) is 11.4 Å². The Morgan fingerprint density at radius 2 is 2.33 bits per heavy atom. The van der Waals surface area contributed by atoms with E-state index in [-0.39, 0.29) is 11.9 Å². The minimum Gasteiger partial charge on any atom is -0.372 e. The Morgan fingerprint density at radius 1 is 1.56 bits per heavy atom. The molecule has 1 atom stereocenters. The predicted molar refractivity (Wildman–Crippen MR) is 78.3 cm³/mol. The van der Waals surface area contributed by atoms with Gasteiger partial charge in [-0.05, 0) is 37.0 Å². The van der Waals surface area contributed by atoms with Crippen LogP contribution in [0.1, 0.15) is 30.6 Å². The smallest absolute Gasteiger partial charge is 0.255 e. The van der Waals surface area contributed by atoms with Crippen LogP contribution in [0.3, 0.4) is 0 Å². The van der Waals surface area contributed by atoms with Crippen LogP contribution in [0.5, 0.6) is 0 Å². The summed E-state index contributed by atoms with van der Waals surface area (Å²) in [5.74, 6) is 2.74. The zero-order valence-corrected chi connectivity index (χ0v) is 12.0. The van der Waals surface area contributed by atoms with Gasteiger partial charge in [-0.3, -0.25) is 4.79 Å². The van der Waals surface area contributed by atoms with E-state index in [4.69, 9.17) is 0 Å². The van der Waals surface area contributed by atoms with E-state index in [1.807, 2.05) is 18.7 Å². The first-order valence-electron chi connectivity index (χ1n) is 6.20. The van der Waals surface area contributed by atoms with Crippen molar-refractivity contribution in [3.05, 3.63) is 23.9 Å². The Kier molecular flexibility index (Phi) is 6.57. The number of pyridine rings is 1. The number of amides is 1. The molecule has 1 aromatic rings. The first kappa shape index (κ1) is 14.8. The molecular formula is C13H21N3OS. The first-order chi connectivity index (χ1) is 8.69. The molecule has 1 amide bonds. The maximum Gasteiger partial charge on any atom is 0.255 e. The van der Waals surface area contributed by atoms with Crippen molar-refractivity contribution in [2.24, 2.45) is 0 Å². The molecule has 0 aliphatic heterocycles. The van der Waals surface area contributed by atoms with Gasteiger partial charge >= 0.3 is 0 Å². The average Bonchev–Trinajstić information content (AvgIpc) is 2.39. The summed E-state index contributed by atoms with van der Waals surface area (Å²) in [5, 5.41) is 5.92. The highest BCUT2D eigenvalue weighted by Crippen LogP contribution is 2.11. The minimum absolute atomic E-state index is 0.0681. The number of nitrogens with one attached hydrogen (secondary N) is 2. The molecule has 4 nitrogen and oxygen atoms in total. The van der Waals surface area contributed by atoms with Gasteiger partial charge in [-0.1, -0.05) is 6.92 Å². The third-order valence-electron chi connectivity index (χ3n) is 2.57. The van der Waals surface area contributed by atoms with E-state index in [0.717, 1.165) is 17.9 Å². The number of hydrogen-bond acceptors (Lipinski definition) is 4. The fraction of sp³-hybridized carbons (Fsp3) is 0.538. The second-order valence-corrected chi connectivity index (χ2v) is 5.40. The highest BCUT2D eigenvalue weighted by molar-refractivity contribution is 7.99. The molecule has 18 heavy (non-hydrogen) atoms. The second-order valence-electron chi connectivity index (χ2n) is 4.01. The van der Waals surface area contributed by atoms with Crippen LogP contribution in [0.25, 0.3) is 0 Å². The summed E-state index contributed by atoms with van der Waals surface area (Å²) in [6.07, 6.45) is 2.66. The molecule has 1 unspecified atom stereocenters. The number of carbonyl (C=O) groups is 1. The van der Waals surface area contributed by atoms with E-state index < -0.39 is 0 Å². The topological polar surface area (TPSA) is 54.0 Å². The number of rotatable bonds is 7. The number of aromatic nitrogens is 1. The van der Waals surface area contributed by atoms with E-state index in [1.165, 1.54) is 0 Å². The van der Waals surface area contributed by atoms with Gasteiger partial charge in [-0.15, -0.1) is 0 Å². The lowest BCUT2D eigenvalue weighted by atomic mass is 10.2. The third-order valence-corrected chi connectivity index (χ3v) is 3.50. The monoisotopic (exact) mass is 267 g/mol. The Hall–Kier alpha value is -1.23. The number of anilines is 1. The van der Waals surface area contributed by atoms with Gasteiger partial charge in [0.25, 0.3) is 5.91 Å². The molecule has 0 aliphatic rings. The quantitative estimate of drug-likeness (QED) is 0.745. The molecule has 0 radical (unpaired) electrons. The van der Waals surface area contributed by atoms with Gasteiger partial charge in [0.2, 0.25) is 0 Å². The van der Waals surface area contributed by atoms with Crippen LogP contribution in [0, 0.1) is 0 Å².